The van der Waals surface area contributed by atoms with Crippen LogP contribution >= 0.6 is 0 Å². The zero-order valence-corrected chi connectivity index (χ0v) is 15.6. The minimum atomic E-state index is -0.453. The molecule has 0 spiro atoms. The van der Waals surface area contributed by atoms with Crippen molar-refractivity contribution in [2.45, 2.75) is 32.3 Å². The average Bonchev–Trinajstić information content (AvgIpc) is 3.26. The van der Waals surface area contributed by atoms with E-state index in [0.29, 0.717) is 24.4 Å². The molecule has 9 nitrogen and oxygen atoms in total. The van der Waals surface area contributed by atoms with E-state index in [1.807, 2.05) is 30.3 Å². The summed E-state index contributed by atoms with van der Waals surface area (Å²) >= 11 is 0. The van der Waals surface area contributed by atoms with Crippen LogP contribution in [0.5, 0.6) is 5.75 Å². The Bertz CT molecular complexity index is 1130. The van der Waals surface area contributed by atoms with Gasteiger partial charge in [0.15, 0.2) is 11.6 Å². The van der Waals surface area contributed by atoms with Crippen molar-refractivity contribution in [3.8, 4) is 5.75 Å². The molecule has 3 heterocycles. The number of carbonyl (C=O) groups is 2. The molecule has 9 heteroatoms. The van der Waals surface area contributed by atoms with Crippen LogP contribution in [0.1, 0.15) is 31.5 Å². The van der Waals surface area contributed by atoms with E-state index in [2.05, 4.69) is 15.1 Å². The molecular weight excluding hydrogens is 374 g/mol. The summed E-state index contributed by atoms with van der Waals surface area (Å²) in [5, 5.41) is 4.36. The molecule has 2 aromatic heterocycles. The fourth-order valence-corrected chi connectivity index (χ4v) is 4.19. The molecule has 148 valence electrons. The van der Waals surface area contributed by atoms with Gasteiger partial charge in [-0.3, -0.25) is 19.4 Å². The predicted molar refractivity (Wildman–Crippen MR) is 102 cm³/mol. The van der Waals surface area contributed by atoms with Crippen LogP contribution in [0.3, 0.4) is 0 Å². The lowest BCUT2D eigenvalue weighted by Crippen LogP contribution is -2.34. The summed E-state index contributed by atoms with van der Waals surface area (Å²) in [6, 6.07) is 10.4. The molecule has 0 bridgehead atoms. The molecule has 29 heavy (non-hydrogen) atoms. The van der Waals surface area contributed by atoms with Gasteiger partial charge in [0.2, 0.25) is 17.6 Å². The first-order chi connectivity index (χ1) is 14.1. The molecule has 2 fully saturated rings. The van der Waals surface area contributed by atoms with Gasteiger partial charge in [-0.2, -0.15) is 9.50 Å². The van der Waals surface area contributed by atoms with Crippen LogP contribution in [0.2, 0.25) is 0 Å². The largest absolute Gasteiger partial charge is 0.486 e. The second kappa shape index (κ2) is 6.84. The van der Waals surface area contributed by atoms with E-state index in [-0.39, 0.29) is 41.9 Å². The number of H-pyrrole nitrogens is 1. The Morgan fingerprint density at radius 2 is 1.72 bits per heavy atom. The van der Waals surface area contributed by atoms with Gasteiger partial charge in [-0.05, 0) is 25.0 Å². The summed E-state index contributed by atoms with van der Waals surface area (Å²) in [6.07, 6.45) is 3.27. The molecule has 5 rings (SSSR count). The summed E-state index contributed by atoms with van der Waals surface area (Å²) in [5.74, 6) is 0.141. The lowest BCUT2D eigenvalue weighted by Gasteiger charge is -2.19. The maximum absolute atomic E-state index is 12.9. The zero-order valence-electron chi connectivity index (χ0n) is 15.6. The molecule has 2 aliphatic rings. The summed E-state index contributed by atoms with van der Waals surface area (Å²) in [5.41, 5.74) is -0.453. The third-order valence-electron chi connectivity index (χ3n) is 5.54. The van der Waals surface area contributed by atoms with Crippen LogP contribution in [0.4, 0.5) is 5.82 Å². The molecule has 2 atom stereocenters. The summed E-state index contributed by atoms with van der Waals surface area (Å²) < 4.78 is 6.99. The standard InChI is InChI=1S/C20H19N5O4/c26-16-10-17(24-18(27)13-8-4-5-9-14(13)19(24)28)25-20(22-16)21-15(23-25)11-29-12-6-2-1-3-7-12/h1-3,6-7,10,13-14H,4-5,8-9,11H2,(H,21,22,23,26)/t13-,14-/m0/s1. The summed E-state index contributed by atoms with van der Waals surface area (Å²) in [7, 11) is 0. The number of aromatic nitrogens is 4. The van der Waals surface area contributed by atoms with Crippen LogP contribution in [0.15, 0.2) is 41.2 Å². The first-order valence-corrected chi connectivity index (χ1v) is 9.66. The van der Waals surface area contributed by atoms with Crippen molar-refractivity contribution >= 4 is 23.4 Å². The fraction of sp³-hybridized carbons (Fsp3) is 0.350. The highest BCUT2D eigenvalue weighted by atomic mass is 16.5. The number of amides is 2. The molecule has 1 saturated heterocycles. The zero-order chi connectivity index (χ0) is 20.0. The Morgan fingerprint density at radius 1 is 1.03 bits per heavy atom. The SMILES string of the molecule is O=C1[C@H]2CCCC[C@@H]2C(=O)N1c1cc(=O)[nH]c2nc(COc3ccccc3)nn12. The Morgan fingerprint density at radius 3 is 2.41 bits per heavy atom. The lowest BCUT2D eigenvalue weighted by atomic mass is 9.81. The molecule has 2 amide bonds. The normalized spacial score (nSPS) is 21.6. The first-order valence-electron chi connectivity index (χ1n) is 9.66. The second-order valence-corrected chi connectivity index (χ2v) is 7.37. The number of aromatic amines is 1. The number of ether oxygens (including phenoxy) is 1. The quantitative estimate of drug-likeness (QED) is 0.676. The monoisotopic (exact) mass is 393 g/mol. The van der Waals surface area contributed by atoms with Crippen molar-refractivity contribution in [3.63, 3.8) is 0 Å². The highest BCUT2D eigenvalue weighted by Crippen LogP contribution is 2.39. The Hall–Kier alpha value is -3.49. The summed E-state index contributed by atoms with van der Waals surface area (Å²) in [4.78, 5) is 46.0. The van der Waals surface area contributed by atoms with Gasteiger partial charge in [-0.25, -0.2) is 4.90 Å². The van der Waals surface area contributed by atoms with E-state index in [1.54, 1.807) is 0 Å². The van der Waals surface area contributed by atoms with Gasteiger partial charge >= 0.3 is 0 Å². The fourth-order valence-electron chi connectivity index (χ4n) is 4.19. The van der Waals surface area contributed by atoms with Crippen molar-refractivity contribution in [3.05, 3.63) is 52.6 Å². The molecule has 0 unspecified atom stereocenters. The number of para-hydroxylation sites is 1. The third-order valence-corrected chi connectivity index (χ3v) is 5.54. The van der Waals surface area contributed by atoms with Crippen LogP contribution < -0.4 is 15.2 Å². The van der Waals surface area contributed by atoms with E-state index >= 15 is 0 Å². The lowest BCUT2D eigenvalue weighted by molar-refractivity contribution is -0.122. The topological polar surface area (TPSA) is 110 Å². The van der Waals surface area contributed by atoms with Gasteiger partial charge in [0.1, 0.15) is 12.4 Å². The minimum absolute atomic E-state index is 0.0836. The smallest absolute Gasteiger partial charge is 0.254 e. The molecule has 3 aromatic rings. The van der Waals surface area contributed by atoms with Crippen LogP contribution in [0.25, 0.3) is 5.78 Å². The number of carbonyl (C=O) groups excluding carboxylic acids is 2. The Labute approximate surface area is 165 Å². The van der Waals surface area contributed by atoms with E-state index in [4.69, 9.17) is 4.74 Å². The van der Waals surface area contributed by atoms with Crippen molar-refractivity contribution in [2.75, 3.05) is 4.90 Å². The number of rotatable bonds is 4. The van der Waals surface area contributed by atoms with Crippen LogP contribution in [-0.2, 0) is 16.2 Å². The number of nitrogens with one attached hydrogen (secondary N) is 1. The molecule has 1 saturated carbocycles. The van der Waals surface area contributed by atoms with E-state index in [0.717, 1.165) is 17.7 Å². The van der Waals surface area contributed by atoms with Gasteiger partial charge in [0, 0.05) is 6.07 Å². The van der Waals surface area contributed by atoms with E-state index < -0.39 is 5.56 Å². The average molecular weight is 393 g/mol. The molecule has 1 N–H and O–H groups in total. The predicted octanol–water partition coefficient (Wildman–Crippen LogP) is 1.68. The molecule has 0 radical (unpaired) electrons. The van der Waals surface area contributed by atoms with E-state index in [9.17, 15) is 14.4 Å². The van der Waals surface area contributed by atoms with Gasteiger partial charge in [0.05, 0.1) is 11.8 Å². The number of benzene rings is 1. The molecule has 1 aromatic carbocycles. The number of hydrogen-bond acceptors (Lipinski definition) is 6. The number of anilines is 1. The first kappa shape index (κ1) is 17.6. The van der Waals surface area contributed by atoms with Crippen molar-refractivity contribution in [1.82, 2.24) is 19.6 Å². The maximum Gasteiger partial charge on any atom is 0.254 e. The highest BCUT2D eigenvalue weighted by molar-refractivity contribution is 6.21. The molecule has 1 aliphatic heterocycles. The summed E-state index contributed by atoms with van der Waals surface area (Å²) in [6.45, 7) is 0.0836. The number of imide groups is 1. The highest BCUT2D eigenvalue weighted by Gasteiger charge is 2.49. The Balaban J connectivity index is 1.51. The minimum Gasteiger partial charge on any atom is -0.486 e. The maximum atomic E-state index is 12.9. The number of nitrogens with zero attached hydrogens (tertiary/aromatic N) is 4. The van der Waals surface area contributed by atoms with Crippen molar-refractivity contribution < 1.29 is 14.3 Å². The Kier molecular flexibility index (Phi) is 4.15. The van der Waals surface area contributed by atoms with E-state index in [1.165, 1.54) is 10.6 Å². The van der Waals surface area contributed by atoms with Gasteiger partial charge in [-0.15, -0.1) is 5.10 Å². The second-order valence-electron chi connectivity index (χ2n) is 7.37. The van der Waals surface area contributed by atoms with Gasteiger partial charge in [0.25, 0.3) is 5.56 Å². The van der Waals surface area contributed by atoms with Crippen molar-refractivity contribution in [2.24, 2.45) is 11.8 Å². The van der Waals surface area contributed by atoms with Crippen molar-refractivity contribution in [1.29, 1.82) is 0 Å². The number of fused-ring (bicyclic) bond motifs is 2. The van der Waals surface area contributed by atoms with Crippen LogP contribution in [0, 0.1) is 11.8 Å². The number of hydrogen-bond donors (Lipinski definition) is 1. The molecular formula is C20H19N5O4. The molecule has 1 aliphatic carbocycles. The third kappa shape index (κ3) is 2.98. The van der Waals surface area contributed by atoms with Crippen LogP contribution in [-0.4, -0.2) is 31.4 Å². The van der Waals surface area contributed by atoms with Gasteiger partial charge in [-0.1, -0.05) is 31.0 Å². The van der Waals surface area contributed by atoms with Gasteiger partial charge < -0.3 is 4.74 Å².